The lowest BCUT2D eigenvalue weighted by atomic mass is 9.92. The maximum absolute atomic E-state index is 14.5. The second-order valence-corrected chi connectivity index (χ2v) is 9.27. The number of aromatic nitrogens is 1. The number of alkyl halides is 3. The van der Waals surface area contributed by atoms with Crippen molar-refractivity contribution < 1.29 is 27.9 Å². The number of non-ortho nitro benzene ring substituents is 1. The van der Waals surface area contributed by atoms with Crippen molar-refractivity contribution in [3.63, 3.8) is 0 Å². The van der Waals surface area contributed by atoms with E-state index < -0.39 is 28.8 Å². The molecule has 0 saturated carbocycles. The van der Waals surface area contributed by atoms with Gasteiger partial charge in [0.1, 0.15) is 11.5 Å². The predicted molar refractivity (Wildman–Crippen MR) is 146 cm³/mol. The number of para-hydroxylation sites is 1. The van der Waals surface area contributed by atoms with Gasteiger partial charge in [-0.15, -0.1) is 0 Å². The molecule has 5 aromatic rings. The summed E-state index contributed by atoms with van der Waals surface area (Å²) in [6, 6.07) is 27.9. The zero-order valence-corrected chi connectivity index (χ0v) is 21.0. The second kappa shape index (κ2) is 10.7. The van der Waals surface area contributed by atoms with Crippen LogP contribution in [0, 0.1) is 10.1 Å². The van der Waals surface area contributed by atoms with Crippen molar-refractivity contribution in [2.45, 2.75) is 18.3 Å². The molecule has 1 aromatic heterocycles. The minimum Gasteiger partial charge on any atom is -0.457 e. The zero-order chi connectivity index (χ0) is 28.3. The first-order chi connectivity index (χ1) is 19.1. The first kappa shape index (κ1) is 26.8. The van der Waals surface area contributed by atoms with Gasteiger partial charge in [-0.1, -0.05) is 48.5 Å². The highest BCUT2D eigenvalue weighted by molar-refractivity contribution is 5.87. The van der Waals surface area contributed by atoms with Crippen molar-refractivity contribution in [2.24, 2.45) is 0 Å². The van der Waals surface area contributed by atoms with Crippen LogP contribution in [0.2, 0.25) is 0 Å². The Labute approximate surface area is 227 Å². The minimum atomic E-state index is -5.07. The third-order valence-electron chi connectivity index (χ3n) is 6.57. The third kappa shape index (κ3) is 5.48. The Hall–Kier alpha value is -4.83. The van der Waals surface area contributed by atoms with Gasteiger partial charge in [-0.2, -0.15) is 13.2 Å². The van der Waals surface area contributed by atoms with Gasteiger partial charge in [-0.25, -0.2) is 0 Å². The van der Waals surface area contributed by atoms with Crippen LogP contribution in [-0.2, 0) is 12.1 Å². The largest absolute Gasteiger partial charge is 0.457 e. The summed E-state index contributed by atoms with van der Waals surface area (Å²) in [5, 5.41) is 25.4. The van der Waals surface area contributed by atoms with E-state index in [9.17, 15) is 28.4 Å². The Morgan fingerprint density at radius 1 is 0.875 bits per heavy atom. The van der Waals surface area contributed by atoms with E-state index in [1.54, 1.807) is 60.7 Å². The van der Waals surface area contributed by atoms with Crippen molar-refractivity contribution in [3.05, 3.63) is 131 Å². The normalized spacial score (nSPS) is 13.1. The molecule has 0 aliphatic heterocycles. The number of hydrogen-bond acceptors (Lipinski definition) is 5. The van der Waals surface area contributed by atoms with Crippen molar-refractivity contribution in [1.29, 1.82) is 0 Å². The number of halogens is 3. The highest BCUT2D eigenvalue weighted by Gasteiger charge is 2.56. The molecule has 40 heavy (non-hydrogen) atoms. The van der Waals surface area contributed by atoms with E-state index >= 15 is 0 Å². The molecule has 7 nitrogen and oxygen atoms in total. The molecule has 4 aromatic carbocycles. The fraction of sp³-hybridized carbons (Fsp3) is 0.133. The van der Waals surface area contributed by atoms with Crippen molar-refractivity contribution in [3.8, 4) is 11.5 Å². The molecule has 0 amide bonds. The van der Waals surface area contributed by atoms with Crippen LogP contribution < -0.4 is 10.1 Å². The summed E-state index contributed by atoms with van der Waals surface area (Å²) in [5.41, 5.74) is -2.65. The molecule has 0 aliphatic rings. The van der Waals surface area contributed by atoms with Crippen LogP contribution in [0.5, 0.6) is 11.5 Å². The molecule has 0 spiro atoms. The van der Waals surface area contributed by atoms with Gasteiger partial charge in [0.15, 0.2) is 0 Å². The van der Waals surface area contributed by atoms with E-state index in [1.807, 2.05) is 24.3 Å². The van der Waals surface area contributed by atoms with Crippen LogP contribution in [0.3, 0.4) is 0 Å². The summed E-state index contributed by atoms with van der Waals surface area (Å²) in [6.45, 7) is -0.737. The summed E-state index contributed by atoms with van der Waals surface area (Å²) in [4.78, 5) is 10.8. The van der Waals surface area contributed by atoms with Crippen LogP contribution in [0.4, 0.5) is 24.5 Å². The first-order valence-corrected chi connectivity index (χ1v) is 12.3. The van der Waals surface area contributed by atoms with Gasteiger partial charge in [0.25, 0.3) is 5.69 Å². The number of ether oxygens (including phenoxy) is 1. The predicted octanol–water partition coefficient (Wildman–Crippen LogP) is 7.25. The van der Waals surface area contributed by atoms with Crippen LogP contribution in [0.1, 0.15) is 11.1 Å². The van der Waals surface area contributed by atoms with E-state index in [0.717, 1.165) is 11.6 Å². The van der Waals surface area contributed by atoms with Gasteiger partial charge < -0.3 is 19.7 Å². The Kier molecular flexibility index (Phi) is 7.19. The molecule has 204 valence electrons. The van der Waals surface area contributed by atoms with Gasteiger partial charge in [0, 0.05) is 41.5 Å². The van der Waals surface area contributed by atoms with Crippen LogP contribution in [0.15, 0.2) is 109 Å². The van der Waals surface area contributed by atoms with Gasteiger partial charge in [-0.05, 0) is 48.0 Å². The Morgan fingerprint density at radius 3 is 2.12 bits per heavy atom. The lowest BCUT2D eigenvalue weighted by Gasteiger charge is -2.31. The van der Waals surface area contributed by atoms with E-state index in [-0.39, 0.29) is 23.1 Å². The smallest absolute Gasteiger partial charge is 0.423 e. The quantitative estimate of drug-likeness (QED) is 0.150. The molecule has 2 N–H and O–H groups in total. The number of nitro benzene ring substituents is 1. The summed E-state index contributed by atoms with van der Waals surface area (Å²) < 4.78 is 50.8. The second-order valence-electron chi connectivity index (χ2n) is 9.27. The number of benzene rings is 4. The molecule has 0 radical (unpaired) electrons. The number of nitrogens with zero attached hydrogens (tertiary/aromatic N) is 2. The SMILES string of the molecule is O=[N+]([O-])c1ccc2c(C(O)(CNc3ccc(Oc4ccccc4)cc3)C(F)(F)F)cn(Cc3ccccc3)c2c1. The third-order valence-corrected chi connectivity index (χ3v) is 6.57. The highest BCUT2D eigenvalue weighted by atomic mass is 19.4. The number of rotatable bonds is 9. The molecule has 0 fully saturated rings. The maximum Gasteiger partial charge on any atom is 0.423 e. The van der Waals surface area contributed by atoms with Crippen molar-refractivity contribution >= 4 is 22.3 Å². The summed E-state index contributed by atoms with van der Waals surface area (Å²) in [7, 11) is 0. The van der Waals surface area contributed by atoms with Gasteiger partial charge >= 0.3 is 6.18 Å². The summed E-state index contributed by atoms with van der Waals surface area (Å²) in [6.07, 6.45) is -3.85. The van der Waals surface area contributed by atoms with Crippen LogP contribution >= 0.6 is 0 Å². The number of fused-ring (bicyclic) bond motifs is 1. The van der Waals surface area contributed by atoms with Crippen molar-refractivity contribution in [1.82, 2.24) is 4.57 Å². The molecule has 10 heteroatoms. The van der Waals surface area contributed by atoms with Gasteiger partial charge in [0.2, 0.25) is 5.60 Å². The first-order valence-electron chi connectivity index (χ1n) is 12.3. The zero-order valence-electron chi connectivity index (χ0n) is 21.0. The summed E-state index contributed by atoms with van der Waals surface area (Å²) >= 11 is 0. The standard InChI is InChI=1S/C30H24F3N3O4/c31-30(32,33)29(37,20-34-22-11-14-25(15-12-22)40-24-9-5-2-6-10-24)27-19-35(18-21-7-3-1-4-8-21)28-17-23(36(38)39)13-16-26(27)28/h1-17,19,34,37H,18,20H2. The maximum atomic E-state index is 14.5. The minimum absolute atomic E-state index is 0.0646. The topological polar surface area (TPSA) is 89.6 Å². The van der Waals surface area contributed by atoms with Crippen LogP contribution in [0.25, 0.3) is 10.9 Å². The monoisotopic (exact) mass is 547 g/mol. The highest BCUT2D eigenvalue weighted by Crippen LogP contribution is 2.43. The van der Waals surface area contributed by atoms with E-state index in [4.69, 9.17) is 4.74 Å². The summed E-state index contributed by atoms with van der Waals surface area (Å²) in [5.74, 6) is 1.11. The Morgan fingerprint density at radius 2 is 1.50 bits per heavy atom. The number of hydrogen-bond donors (Lipinski definition) is 2. The average molecular weight is 548 g/mol. The molecule has 1 atom stereocenters. The number of anilines is 1. The van der Waals surface area contributed by atoms with E-state index in [1.165, 1.54) is 22.9 Å². The molecular weight excluding hydrogens is 523 g/mol. The fourth-order valence-electron chi connectivity index (χ4n) is 4.48. The number of nitro groups is 1. The lowest BCUT2D eigenvalue weighted by Crippen LogP contribution is -2.47. The fourth-order valence-corrected chi connectivity index (χ4v) is 4.48. The molecule has 5 rings (SSSR count). The molecule has 1 unspecified atom stereocenters. The molecule has 1 heterocycles. The van der Waals surface area contributed by atoms with Gasteiger partial charge in [0.05, 0.1) is 17.0 Å². The molecule has 0 aliphatic carbocycles. The molecule has 0 bridgehead atoms. The van der Waals surface area contributed by atoms with Crippen molar-refractivity contribution in [2.75, 3.05) is 11.9 Å². The van der Waals surface area contributed by atoms with Crippen LogP contribution in [-0.4, -0.2) is 27.3 Å². The van der Waals surface area contributed by atoms with E-state index in [2.05, 4.69) is 5.32 Å². The average Bonchev–Trinajstić information content (AvgIpc) is 3.31. The Bertz CT molecular complexity index is 1620. The molecular formula is C30H24F3N3O4. The van der Waals surface area contributed by atoms with E-state index in [0.29, 0.717) is 17.2 Å². The Balaban J connectivity index is 1.47. The number of nitrogens with one attached hydrogen (secondary N) is 1. The molecule has 0 saturated heterocycles. The number of aliphatic hydroxyl groups is 1. The lowest BCUT2D eigenvalue weighted by molar-refractivity contribution is -0.384. The van der Waals surface area contributed by atoms with Gasteiger partial charge in [-0.3, -0.25) is 10.1 Å².